The van der Waals surface area contributed by atoms with Crippen LogP contribution in [0.3, 0.4) is 0 Å². The lowest BCUT2D eigenvalue weighted by molar-refractivity contribution is 0.0945. The van der Waals surface area contributed by atoms with Gasteiger partial charge in [0.25, 0.3) is 5.91 Å². The van der Waals surface area contributed by atoms with Crippen molar-refractivity contribution >= 4 is 5.91 Å². The summed E-state index contributed by atoms with van der Waals surface area (Å²) in [6, 6.07) is 13.4. The van der Waals surface area contributed by atoms with Crippen molar-refractivity contribution in [2.24, 2.45) is 0 Å². The Balaban J connectivity index is 1.64. The highest BCUT2D eigenvalue weighted by Crippen LogP contribution is 2.34. The molecular weight excluding hydrogens is 330 g/mol. The lowest BCUT2D eigenvalue weighted by atomic mass is 9.84. The molecule has 1 heterocycles. The quantitative estimate of drug-likeness (QED) is 0.864. The fourth-order valence-electron chi connectivity index (χ4n) is 2.89. The first-order valence-electron chi connectivity index (χ1n) is 8.76. The van der Waals surface area contributed by atoms with Crippen LogP contribution >= 0.6 is 0 Å². The molecular formula is C21H25NO4. The molecule has 0 aromatic heterocycles. The number of amides is 1. The van der Waals surface area contributed by atoms with Crippen molar-refractivity contribution in [2.45, 2.75) is 25.9 Å². The molecule has 1 amide bonds. The molecule has 26 heavy (non-hydrogen) atoms. The second-order valence-electron chi connectivity index (χ2n) is 7.05. The maximum atomic E-state index is 12.4. The van der Waals surface area contributed by atoms with Gasteiger partial charge in [-0.15, -0.1) is 0 Å². The van der Waals surface area contributed by atoms with Crippen molar-refractivity contribution in [3.05, 3.63) is 59.2 Å². The zero-order valence-corrected chi connectivity index (χ0v) is 15.5. The zero-order valence-electron chi connectivity index (χ0n) is 15.5. The van der Waals surface area contributed by atoms with Crippen LogP contribution in [0, 0.1) is 0 Å². The van der Waals surface area contributed by atoms with Crippen LogP contribution in [0.25, 0.3) is 0 Å². The Labute approximate surface area is 154 Å². The number of fused-ring (bicyclic) bond motifs is 1. The summed E-state index contributed by atoms with van der Waals surface area (Å²) in [5.41, 5.74) is 2.54. The molecule has 2 aromatic rings. The van der Waals surface area contributed by atoms with Gasteiger partial charge in [0.2, 0.25) is 0 Å². The molecule has 0 spiro atoms. The first-order valence-corrected chi connectivity index (χ1v) is 8.76. The topological polar surface area (TPSA) is 56.8 Å². The fraction of sp³-hybridized carbons (Fsp3) is 0.381. The van der Waals surface area contributed by atoms with Crippen LogP contribution in [0.4, 0.5) is 0 Å². The van der Waals surface area contributed by atoms with Crippen LogP contribution in [-0.4, -0.2) is 32.8 Å². The highest BCUT2D eigenvalue weighted by Gasteiger charge is 2.24. The highest BCUT2D eigenvalue weighted by atomic mass is 16.6. The van der Waals surface area contributed by atoms with Gasteiger partial charge in [0.1, 0.15) is 13.2 Å². The standard InChI is InChI=1S/C21H25NO4/c1-21(2,17-8-9-18-19(12-17)26-11-10-25-18)14-22-20(23)16-6-4-15(5-7-16)13-24-3/h4-9,12H,10-11,13-14H2,1-3H3,(H,22,23). The maximum Gasteiger partial charge on any atom is 0.251 e. The SMILES string of the molecule is COCc1ccc(C(=O)NCC(C)(C)c2ccc3c(c2)OCCO3)cc1. The Hall–Kier alpha value is -2.53. The summed E-state index contributed by atoms with van der Waals surface area (Å²) < 4.78 is 16.3. The van der Waals surface area contributed by atoms with E-state index in [1.807, 2.05) is 42.5 Å². The Morgan fingerprint density at radius 1 is 1.08 bits per heavy atom. The number of carbonyl (C=O) groups is 1. The minimum atomic E-state index is -0.235. The number of methoxy groups -OCH3 is 1. The molecule has 1 aliphatic heterocycles. The monoisotopic (exact) mass is 355 g/mol. The van der Waals surface area contributed by atoms with Gasteiger partial charge in [0.15, 0.2) is 11.5 Å². The number of nitrogens with one attached hydrogen (secondary N) is 1. The molecule has 5 nitrogen and oxygen atoms in total. The van der Waals surface area contributed by atoms with Crippen LogP contribution in [0.1, 0.15) is 35.3 Å². The predicted octanol–water partition coefficient (Wildman–Crippen LogP) is 3.31. The minimum absolute atomic E-state index is 0.0837. The molecule has 0 aliphatic carbocycles. The maximum absolute atomic E-state index is 12.4. The summed E-state index contributed by atoms with van der Waals surface area (Å²) in [4.78, 5) is 12.4. The predicted molar refractivity (Wildman–Crippen MR) is 99.9 cm³/mol. The van der Waals surface area contributed by atoms with Gasteiger partial charge in [-0.25, -0.2) is 0 Å². The molecule has 138 valence electrons. The van der Waals surface area contributed by atoms with Crippen LogP contribution in [0.15, 0.2) is 42.5 Å². The highest BCUT2D eigenvalue weighted by molar-refractivity contribution is 5.94. The van der Waals surface area contributed by atoms with Crippen molar-refractivity contribution in [1.29, 1.82) is 0 Å². The third-order valence-electron chi connectivity index (χ3n) is 4.54. The smallest absolute Gasteiger partial charge is 0.251 e. The third-order valence-corrected chi connectivity index (χ3v) is 4.54. The van der Waals surface area contributed by atoms with E-state index in [0.29, 0.717) is 31.9 Å². The molecule has 0 bridgehead atoms. The van der Waals surface area contributed by atoms with Gasteiger partial charge in [-0.05, 0) is 35.4 Å². The lowest BCUT2D eigenvalue weighted by Gasteiger charge is -2.28. The average Bonchev–Trinajstić information content (AvgIpc) is 2.66. The van der Waals surface area contributed by atoms with Gasteiger partial charge in [-0.2, -0.15) is 0 Å². The van der Waals surface area contributed by atoms with E-state index < -0.39 is 0 Å². The Kier molecular flexibility index (Phi) is 5.47. The number of ether oxygens (including phenoxy) is 3. The van der Waals surface area contributed by atoms with Gasteiger partial charge in [-0.3, -0.25) is 4.79 Å². The van der Waals surface area contributed by atoms with Gasteiger partial charge >= 0.3 is 0 Å². The van der Waals surface area contributed by atoms with E-state index in [2.05, 4.69) is 19.2 Å². The van der Waals surface area contributed by atoms with E-state index in [-0.39, 0.29) is 11.3 Å². The van der Waals surface area contributed by atoms with E-state index in [1.165, 1.54) is 0 Å². The first kappa shape index (κ1) is 18.3. The third kappa shape index (κ3) is 4.17. The van der Waals surface area contributed by atoms with Gasteiger partial charge < -0.3 is 19.5 Å². The fourth-order valence-corrected chi connectivity index (χ4v) is 2.89. The van der Waals surface area contributed by atoms with Crippen molar-refractivity contribution in [3.8, 4) is 11.5 Å². The van der Waals surface area contributed by atoms with Gasteiger partial charge in [-0.1, -0.05) is 32.0 Å². The van der Waals surface area contributed by atoms with Gasteiger partial charge in [0.05, 0.1) is 6.61 Å². The summed E-state index contributed by atoms with van der Waals surface area (Å²) in [6.45, 7) is 6.40. The molecule has 0 saturated heterocycles. The number of carbonyl (C=O) groups excluding carboxylic acids is 1. The molecule has 0 fully saturated rings. The largest absolute Gasteiger partial charge is 0.486 e. The summed E-state index contributed by atoms with van der Waals surface area (Å²) >= 11 is 0. The van der Waals surface area contributed by atoms with Crippen molar-refractivity contribution in [1.82, 2.24) is 5.32 Å². The number of hydrogen-bond donors (Lipinski definition) is 1. The van der Waals surface area contributed by atoms with Crippen LogP contribution in [0.2, 0.25) is 0 Å². The van der Waals surface area contributed by atoms with E-state index in [4.69, 9.17) is 14.2 Å². The average molecular weight is 355 g/mol. The Morgan fingerprint density at radius 3 is 2.46 bits per heavy atom. The van der Waals surface area contributed by atoms with E-state index in [9.17, 15) is 4.79 Å². The number of benzene rings is 2. The number of rotatable bonds is 6. The summed E-state index contributed by atoms with van der Waals surface area (Å²) in [7, 11) is 1.65. The molecule has 5 heteroatoms. The Morgan fingerprint density at radius 2 is 1.77 bits per heavy atom. The van der Waals surface area contributed by atoms with Gasteiger partial charge in [0, 0.05) is 24.6 Å². The Bertz CT molecular complexity index is 768. The summed E-state index contributed by atoms with van der Waals surface area (Å²) in [5.74, 6) is 1.46. The van der Waals surface area contributed by atoms with Crippen molar-refractivity contribution in [2.75, 3.05) is 26.9 Å². The minimum Gasteiger partial charge on any atom is -0.486 e. The molecule has 0 unspecified atom stereocenters. The van der Waals surface area contributed by atoms with E-state index in [0.717, 1.165) is 22.6 Å². The van der Waals surface area contributed by atoms with Crippen LogP contribution in [0.5, 0.6) is 11.5 Å². The molecule has 1 aliphatic rings. The molecule has 3 rings (SSSR count). The summed E-state index contributed by atoms with van der Waals surface area (Å²) in [5, 5.41) is 3.03. The molecule has 1 N–H and O–H groups in total. The molecule has 2 aromatic carbocycles. The molecule has 0 atom stereocenters. The van der Waals surface area contributed by atoms with E-state index >= 15 is 0 Å². The first-order chi connectivity index (χ1) is 12.5. The molecule has 0 radical (unpaired) electrons. The lowest BCUT2D eigenvalue weighted by Crippen LogP contribution is -2.36. The normalized spacial score (nSPS) is 13.3. The zero-order chi connectivity index (χ0) is 18.6. The second-order valence-corrected chi connectivity index (χ2v) is 7.05. The van der Waals surface area contributed by atoms with Crippen LogP contribution in [-0.2, 0) is 16.8 Å². The van der Waals surface area contributed by atoms with Crippen molar-refractivity contribution in [3.63, 3.8) is 0 Å². The van der Waals surface area contributed by atoms with Crippen molar-refractivity contribution < 1.29 is 19.0 Å². The van der Waals surface area contributed by atoms with Crippen LogP contribution < -0.4 is 14.8 Å². The number of hydrogen-bond acceptors (Lipinski definition) is 4. The second kappa shape index (κ2) is 7.79. The summed E-state index contributed by atoms with van der Waals surface area (Å²) in [6.07, 6.45) is 0. The molecule has 0 saturated carbocycles. The van der Waals surface area contributed by atoms with E-state index in [1.54, 1.807) is 7.11 Å².